The molecule has 8 heteroatoms. The number of carbonyl (C=O) groups is 3. The van der Waals surface area contributed by atoms with Crippen molar-refractivity contribution in [3.05, 3.63) is 35.4 Å². The lowest BCUT2D eigenvalue weighted by atomic mass is 10.0. The quantitative estimate of drug-likeness (QED) is 0.837. The van der Waals surface area contributed by atoms with Crippen molar-refractivity contribution in [3.8, 4) is 0 Å². The number of hydrogen-bond acceptors (Lipinski definition) is 5. The second-order valence-electron chi connectivity index (χ2n) is 5.78. The van der Waals surface area contributed by atoms with E-state index in [4.69, 9.17) is 5.73 Å². The highest BCUT2D eigenvalue weighted by Gasteiger charge is 2.29. The van der Waals surface area contributed by atoms with E-state index < -0.39 is 5.54 Å². The Balaban J connectivity index is 0.00000264. The number of rotatable bonds is 5. The average Bonchev–Trinajstić information content (AvgIpc) is 2.79. The van der Waals surface area contributed by atoms with Gasteiger partial charge < -0.3 is 11.1 Å². The van der Waals surface area contributed by atoms with Gasteiger partial charge in [0.15, 0.2) is 0 Å². The van der Waals surface area contributed by atoms with Crippen molar-refractivity contribution in [2.45, 2.75) is 25.9 Å². The van der Waals surface area contributed by atoms with Gasteiger partial charge in [-0.1, -0.05) is 23.9 Å². The highest BCUT2D eigenvalue weighted by atomic mass is 35.5. The zero-order valence-electron chi connectivity index (χ0n) is 13.0. The topological polar surface area (TPSA) is 92.5 Å². The molecule has 0 bridgehead atoms. The summed E-state index contributed by atoms with van der Waals surface area (Å²) in [6.45, 7) is 4.19. The van der Waals surface area contributed by atoms with Crippen LogP contribution in [0.15, 0.2) is 24.3 Å². The average molecular weight is 358 g/mol. The molecule has 0 spiro atoms. The fourth-order valence-corrected chi connectivity index (χ4v) is 2.68. The summed E-state index contributed by atoms with van der Waals surface area (Å²) >= 11 is 0.998. The monoisotopic (exact) mass is 357 g/mol. The van der Waals surface area contributed by atoms with Crippen LogP contribution in [-0.4, -0.2) is 39.8 Å². The maximum atomic E-state index is 12.2. The fourth-order valence-electron chi connectivity index (χ4n) is 1.96. The number of thioether (sulfide) groups is 1. The van der Waals surface area contributed by atoms with Gasteiger partial charge in [-0.2, -0.15) is 0 Å². The van der Waals surface area contributed by atoms with Gasteiger partial charge in [-0.3, -0.25) is 19.3 Å². The molecule has 1 aromatic rings. The van der Waals surface area contributed by atoms with Gasteiger partial charge >= 0.3 is 0 Å². The van der Waals surface area contributed by atoms with E-state index in [1.165, 1.54) is 4.90 Å². The minimum Gasteiger partial charge on any atom is -0.346 e. The summed E-state index contributed by atoms with van der Waals surface area (Å²) in [5.74, 6) is -0.246. The number of nitrogens with one attached hydrogen (secondary N) is 1. The summed E-state index contributed by atoms with van der Waals surface area (Å²) in [6, 6.07) is 6.89. The molecule has 126 valence electrons. The Bertz CT molecular complexity index is 606. The summed E-state index contributed by atoms with van der Waals surface area (Å²) < 4.78 is 0. The molecule has 2 rings (SSSR count). The number of nitrogens with two attached hydrogens (primary N) is 1. The first kappa shape index (κ1) is 19.5. The van der Waals surface area contributed by atoms with Gasteiger partial charge in [-0.05, 0) is 31.5 Å². The van der Waals surface area contributed by atoms with E-state index in [-0.39, 0.29) is 41.8 Å². The third kappa shape index (κ3) is 4.95. The van der Waals surface area contributed by atoms with Gasteiger partial charge in [0, 0.05) is 17.6 Å². The van der Waals surface area contributed by atoms with Gasteiger partial charge in [0.2, 0.25) is 5.91 Å². The zero-order valence-corrected chi connectivity index (χ0v) is 14.6. The number of halogens is 1. The first-order chi connectivity index (χ1) is 10.3. The Morgan fingerprint density at radius 2 is 2.09 bits per heavy atom. The van der Waals surface area contributed by atoms with Crippen LogP contribution in [0.3, 0.4) is 0 Å². The first-order valence-electron chi connectivity index (χ1n) is 6.91. The van der Waals surface area contributed by atoms with E-state index in [9.17, 15) is 14.4 Å². The van der Waals surface area contributed by atoms with Gasteiger partial charge in [0.25, 0.3) is 11.1 Å². The molecule has 1 saturated heterocycles. The van der Waals surface area contributed by atoms with Crippen molar-refractivity contribution < 1.29 is 14.4 Å². The lowest BCUT2D eigenvalue weighted by Gasteiger charge is -2.24. The lowest BCUT2D eigenvalue weighted by Crippen LogP contribution is -2.48. The van der Waals surface area contributed by atoms with Crippen molar-refractivity contribution in [2.75, 3.05) is 12.3 Å². The molecule has 1 aliphatic heterocycles. The van der Waals surface area contributed by atoms with E-state index in [0.717, 1.165) is 17.3 Å². The molecule has 0 aromatic heterocycles. The van der Waals surface area contributed by atoms with Crippen LogP contribution < -0.4 is 11.1 Å². The van der Waals surface area contributed by atoms with Gasteiger partial charge in [-0.15, -0.1) is 12.4 Å². The van der Waals surface area contributed by atoms with Crippen LogP contribution in [0.2, 0.25) is 0 Å². The van der Waals surface area contributed by atoms with Crippen LogP contribution in [0.5, 0.6) is 0 Å². The molecule has 1 aromatic carbocycles. The van der Waals surface area contributed by atoms with E-state index >= 15 is 0 Å². The molecule has 1 aliphatic rings. The minimum atomic E-state index is -0.495. The largest absolute Gasteiger partial charge is 0.346 e. The van der Waals surface area contributed by atoms with Gasteiger partial charge in [0.05, 0.1) is 12.3 Å². The zero-order chi connectivity index (χ0) is 16.3. The third-order valence-electron chi connectivity index (χ3n) is 3.33. The van der Waals surface area contributed by atoms with Crippen LogP contribution in [0.25, 0.3) is 0 Å². The summed E-state index contributed by atoms with van der Waals surface area (Å²) in [7, 11) is 0. The summed E-state index contributed by atoms with van der Waals surface area (Å²) in [5, 5.41) is 2.60. The minimum absolute atomic E-state index is 0. The molecule has 1 fully saturated rings. The molecule has 0 unspecified atom stereocenters. The van der Waals surface area contributed by atoms with Gasteiger partial charge in [-0.25, -0.2) is 0 Å². The molecule has 0 aliphatic carbocycles. The normalized spacial score (nSPS) is 14.7. The number of carbonyl (C=O) groups excluding carboxylic acids is 3. The Hall–Kier alpha value is -1.57. The predicted octanol–water partition coefficient (Wildman–Crippen LogP) is 1.77. The van der Waals surface area contributed by atoms with Crippen LogP contribution in [0.1, 0.15) is 29.8 Å². The van der Waals surface area contributed by atoms with Gasteiger partial charge in [0.1, 0.15) is 0 Å². The number of amides is 3. The maximum absolute atomic E-state index is 12.2. The molecule has 0 radical (unpaired) electrons. The van der Waals surface area contributed by atoms with Crippen LogP contribution in [0, 0.1) is 0 Å². The molecule has 1 heterocycles. The Morgan fingerprint density at radius 3 is 2.65 bits per heavy atom. The first-order valence-corrected chi connectivity index (χ1v) is 7.89. The van der Waals surface area contributed by atoms with Crippen molar-refractivity contribution in [2.24, 2.45) is 5.73 Å². The second kappa shape index (κ2) is 7.81. The Kier molecular flexibility index (Phi) is 6.61. The van der Waals surface area contributed by atoms with Crippen molar-refractivity contribution in [1.29, 1.82) is 0 Å². The smallest absolute Gasteiger partial charge is 0.289 e. The molecule has 0 saturated carbocycles. The highest BCUT2D eigenvalue weighted by molar-refractivity contribution is 8.14. The standard InChI is InChI=1S/C15H19N3O3S.ClH/c1-15(2,9-16)17-13(20)11-5-3-4-10(6-11)7-18-12(19)8-22-14(18)21;/h3-6H,7-9,16H2,1-2H3,(H,17,20);1H. The van der Waals surface area contributed by atoms with Crippen LogP contribution in [-0.2, 0) is 11.3 Å². The van der Waals surface area contributed by atoms with E-state index in [1.807, 2.05) is 13.8 Å². The van der Waals surface area contributed by atoms with E-state index in [1.54, 1.807) is 24.3 Å². The summed E-state index contributed by atoms with van der Waals surface area (Å²) in [6.07, 6.45) is 0. The van der Waals surface area contributed by atoms with Crippen LogP contribution >= 0.6 is 24.2 Å². The molecule has 6 nitrogen and oxygen atoms in total. The maximum Gasteiger partial charge on any atom is 0.289 e. The number of nitrogens with zero attached hydrogens (tertiary/aromatic N) is 1. The summed E-state index contributed by atoms with van der Waals surface area (Å²) in [4.78, 5) is 36.7. The number of benzene rings is 1. The SMILES string of the molecule is CC(C)(CN)NC(=O)c1cccc(CN2C(=O)CSC2=O)c1.Cl. The predicted molar refractivity (Wildman–Crippen MR) is 92.7 cm³/mol. The van der Waals surface area contributed by atoms with E-state index in [2.05, 4.69) is 5.32 Å². The third-order valence-corrected chi connectivity index (χ3v) is 4.19. The summed E-state index contributed by atoms with van der Waals surface area (Å²) in [5.41, 5.74) is 6.32. The fraction of sp³-hybridized carbons (Fsp3) is 0.400. The van der Waals surface area contributed by atoms with Crippen molar-refractivity contribution >= 4 is 41.2 Å². The Morgan fingerprint density at radius 1 is 1.39 bits per heavy atom. The Labute approximate surface area is 145 Å². The van der Waals surface area contributed by atoms with Crippen molar-refractivity contribution in [1.82, 2.24) is 10.2 Å². The molecule has 23 heavy (non-hydrogen) atoms. The molecule has 3 amide bonds. The molecule has 0 atom stereocenters. The number of hydrogen-bond donors (Lipinski definition) is 2. The molecular formula is C15H20ClN3O3S. The molecule has 3 N–H and O–H groups in total. The molecular weight excluding hydrogens is 338 g/mol. The second-order valence-corrected chi connectivity index (χ2v) is 6.70. The highest BCUT2D eigenvalue weighted by Crippen LogP contribution is 2.21. The van der Waals surface area contributed by atoms with Crippen molar-refractivity contribution in [3.63, 3.8) is 0 Å². The van der Waals surface area contributed by atoms with E-state index in [0.29, 0.717) is 12.1 Å². The van der Waals surface area contributed by atoms with Crippen LogP contribution in [0.4, 0.5) is 4.79 Å². The number of imide groups is 1. The lowest BCUT2D eigenvalue weighted by molar-refractivity contribution is -0.125.